The number of hydrogen-bond acceptors (Lipinski definition) is 9. The normalized spacial score (nSPS) is 21.1. The molecule has 2 aromatic heterocycles. The van der Waals surface area contributed by atoms with Crippen LogP contribution in [0.4, 0.5) is 6.01 Å². The SMILES string of the molecule is CC(C)(C)[C@@H]1Nc2nnc(o2)CCC=Cc2cccc(c2)-c2nc3ccccc3nc2OC2C[C@@H](C(=O)O)N(C2)C1=O. The first-order valence-corrected chi connectivity index (χ1v) is 14.0. The first-order valence-electron chi connectivity index (χ1n) is 14.0. The van der Waals surface area contributed by atoms with Crippen LogP contribution in [0.15, 0.2) is 59.0 Å². The maximum absolute atomic E-state index is 14.0. The molecule has 2 aromatic carbocycles. The van der Waals surface area contributed by atoms with Crippen LogP contribution in [0.2, 0.25) is 0 Å². The Hall–Kier alpha value is -4.80. The van der Waals surface area contributed by atoms with Crippen LogP contribution in [0.5, 0.6) is 5.88 Å². The maximum Gasteiger partial charge on any atom is 0.326 e. The third-order valence-corrected chi connectivity index (χ3v) is 7.49. The Morgan fingerprint density at radius 1 is 1.07 bits per heavy atom. The molecule has 2 N–H and O–H groups in total. The molecule has 6 bridgehead atoms. The summed E-state index contributed by atoms with van der Waals surface area (Å²) in [5.74, 6) is -0.768. The molecular weight excluding hydrogens is 536 g/mol. The van der Waals surface area contributed by atoms with Crippen LogP contribution in [0.25, 0.3) is 28.4 Å². The van der Waals surface area contributed by atoms with E-state index in [1.165, 1.54) is 4.90 Å². The number of fused-ring (bicyclic) bond motifs is 9. The lowest BCUT2D eigenvalue weighted by atomic mass is 9.85. The van der Waals surface area contributed by atoms with E-state index in [0.717, 1.165) is 11.1 Å². The third-order valence-electron chi connectivity index (χ3n) is 7.49. The monoisotopic (exact) mass is 568 g/mol. The first-order chi connectivity index (χ1) is 20.2. The van der Waals surface area contributed by atoms with Gasteiger partial charge in [-0.15, -0.1) is 5.10 Å². The van der Waals surface area contributed by atoms with Crippen LogP contribution in [0, 0.1) is 5.41 Å². The predicted molar refractivity (Wildman–Crippen MR) is 156 cm³/mol. The van der Waals surface area contributed by atoms with Crippen LogP contribution in [0.1, 0.15) is 45.1 Å². The Kier molecular flexibility index (Phi) is 7.09. The fraction of sp³-hybridized carbons (Fsp3) is 0.355. The number of ether oxygens (including phenoxy) is 1. The summed E-state index contributed by atoms with van der Waals surface area (Å²) in [5.41, 5.74) is 3.09. The fourth-order valence-electron chi connectivity index (χ4n) is 5.34. The lowest BCUT2D eigenvalue weighted by Crippen LogP contribution is -2.52. The molecule has 1 amide bonds. The van der Waals surface area contributed by atoms with Gasteiger partial charge in [-0.25, -0.2) is 14.8 Å². The van der Waals surface area contributed by atoms with Gasteiger partial charge in [-0.3, -0.25) is 4.79 Å². The number of benzene rings is 2. The van der Waals surface area contributed by atoms with Gasteiger partial charge in [0.25, 0.3) is 0 Å². The van der Waals surface area contributed by atoms with Crippen molar-refractivity contribution in [1.82, 2.24) is 25.1 Å². The van der Waals surface area contributed by atoms with Crippen LogP contribution in [-0.4, -0.2) is 66.8 Å². The Morgan fingerprint density at radius 3 is 2.62 bits per heavy atom. The number of carbonyl (C=O) groups is 2. The molecule has 3 atom stereocenters. The van der Waals surface area contributed by atoms with Crippen molar-refractivity contribution in [1.29, 1.82) is 0 Å². The van der Waals surface area contributed by atoms with Crippen molar-refractivity contribution < 1.29 is 23.8 Å². The van der Waals surface area contributed by atoms with E-state index in [9.17, 15) is 14.7 Å². The second-order valence-electron chi connectivity index (χ2n) is 11.7. The second-order valence-corrected chi connectivity index (χ2v) is 11.7. The molecule has 1 unspecified atom stereocenters. The Labute approximate surface area is 242 Å². The first kappa shape index (κ1) is 27.4. The zero-order valence-corrected chi connectivity index (χ0v) is 23.7. The number of para-hydroxylation sites is 2. The second kappa shape index (κ2) is 10.9. The highest BCUT2D eigenvalue weighted by Crippen LogP contribution is 2.34. The molecule has 216 valence electrons. The van der Waals surface area contributed by atoms with E-state index in [0.29, 0.717) is 41.3 Å². The van der Waals surface area contributed by atoms with Crippen molar-refractivity contribution in [3.05, 3.63) is 66.1 Å². The minimum Gasteiger partial charge on any atom is -0.480 e. The molecule has 0 aliphatic carbocycles. The number of nitrogens with one attached hydrogen (secondary N) is 1. The number of amides is 1. The highest BCUT2D eigenvalue weighted by atomic mass is 16.5. The zero-order valence-electron chi connectivity index (χ0n) is 23.7. The van der Waals surface area contributed by atoms with Crippen molar-refractivity contribution in [2.45, 2.75) is 58.2 Å². The molecule has 2 aliphatic heterocycles. The molecule has 4 aromatic rings. The van der Waals surface area contributed by atoms with Gasteiger partial charge < -0.3 is 24.5 Å². The lowest BCUT2D eigenvalue weighted by Gasteiger charge is -2.34. The molecule has 0 radical (unpaired) electrons. The molecule has 1 fully saturated rings. The Balaban J connectivity index is 1.45. The largest absolute Gasteiger partial charge is 0.480 e. The topological polar surface area (TPSA) is 144 Å². The van der Waals surface area contributed by atoms with Crippen molar-refractivity contribution in [2.24, 2.45) is 5.41 Å². The van der Waals surface area contributed by atoms with Crippen molar-refractivity contribution >= 4 is 35.0 Å². The number of nitrogens with zero attached hydrogens (tertiary/aromatic N) is 5. The van der Waals surface area contributed by atoms with Gasteiger partial charge in [0.1, 0.15) is 23.9 Å². The van der Waals surface area contributed by atoms with Gasteiger partial charge in [-0.05, 0) is 35.6 Å². The summed E-state index contributed by atoms with van der Waals surface area (Å²) in [6, 6.07) is 13.6. The summed E-state index contributed by atoms with van der Waals surface area (Å²) < 4.78 is 12.2. The summed E-state index contributed by atoms with van der Waals surface area (Å²) in [5, 5.41) is 21.4. The number of aliphatic carboxylic acids is 1. The van der Waals surface area contributed by atoms with Gasteiger partial charge in [0, 0.05) is 18.4 Å². The number of aryl methyl sites for hydroxylation is 1. The number of carbonyl (C=O) groups excluding carboxylic acids is 1. The summed E-state index contributed by atoms with van der Waals surface area (Å²) >= 11 is 0. The van der Waals surface area contributed by atoms with Crippen LogP contribution >= 0.6 is 0 Å². The number of carboxylic acids is 1. The smallest absolute Gasteiger partial charge is 0.326 e. The summed E-state index contributed by atoms with van der Waals surface area (Å²) in [6.07, 6.45) is 4.70. The minimum atomic E-state index is -1.10. The van der Waals surface area contributed by atoms with Gasteiger partial charge in [0.2, 0.25) is 17.7 Å². The van der Waals surface area contributed by atoms with Crippen LogP contribution < -0.4 is 10.1 Å². The van der Waals surface area contributed by atoms with Crippen LogP contribution in [0.3, 0.4) is 0 Å². The quantitative estimate of drug-likeness (QED) is 0.334. The van der Waals surface area contributed by atoms with E-state index < -0.39 is 29.6 Å². The standard InChI is InChI=1S/C31H32N6O5/c1-31(2,3)26-28(38)37-17-20(16-23(37)29(39)40)41-27-25(32-21-12-5-6-13-22(21)33-27)19-11-8-10-18(15-19)9-4-7-14-24-35-36-30(34-26)42-24/h4-6,8-13,15,20,23,26H,7,14,16-17H2,1-3H3,(H,34,36)(H,39,40)/t20?,23-,26+/m0/s1. The molecular formula is C31H32N6O5. The lowest BCUT2D eigenvalue weighted by molar-refractivity contribution is -0.149. The van der Waals surface area contributed by atoms with Crippen molar-refractivity contribution in [3.8, 4) is 17.1 Å². The molecule has 2 aliphatic rings. The Bertz CT molecular complexity index is 1680. The number of allylic oxidation sites excluding steroid dienone is 1. The van der Waals surface area contributed by atoms with Crippen molar-refractivity contribution in [3.63, 3.8) is 0 Å². The molecule has 11 heteroatoms. The molecule has 4 heterocycles. The number of carboxylic acid groups (broad SMARTS) is 1. The van der Waals surface area contributed by atoms with Gasteiger partial charge in [0.15, 0.2) is 0 Å². The van der Waals surface area contributed by atoms with E-state index in [1.807, 2.05) is 81.5 Å². The van der Waals surface area contributed by atoms with Gasteiger partial charge in [-0.2, -0.15) is 0 Å². The number of aromatic nitrogens is 4. The average molecular weight is 569 g/mol. The highest BCUT2D eigenvalue weighted by Gasteiger charge is 2.46. The minimum absolute atomic E-state index is 0.0653. The van der Waals surface area contributed by atoms with E-state index in [2.05, 4.69) is 15.5 Å². The summed E-state index contributed by atoms with van der Waals surface area (Å²) in [4.78, 5) is 37.4. The average Bonchev–Trinajstić information content (AvgIpc) is 3.60. The third kappa shape index (κ3) is 5.54. The molecule has 0 saturated carbocycles. The predicted octanol–water partition coefficient (Wildman–Crippen LogP) is 4.60. The molecule has 6 rings (SSSR count). The number of rotatable bonds is 1. The maximum atomic E-state index is 14.0. The number of anilines is 1. The van der Waals surface area contributed by atoms with E-state index >= 15 is 0 Å². The van der Waals surface area contributed by atoms with Crippen LogP contribution in [-0.2, 0) is 16.0 Å². The van der Waals surface area contributed by atoms with E-state index in [4.69, 9.17) is 19.1 Å². The zero-order chi connectivity index (χ0) is 29.4. The van der Waals surface area contributed by atoms with Gasteiger partial charge in [0.05, 0.1) is 17.6 Å². The number of hydrogen-bond donors (Lipinski definition) is 2. The molecule has 0 spiro atoms. The highest BCUT2D eigenvalue weighted by molar-refractivity contribution is 5.90. The van der Waals surface area contributed by atoms with Crippen molar-refractivity contribution in [2.75, 3.05) is 11.9 Å². The molecule has 11 nitrogen and oxygen atoms in total. The van der Waals surface area contributed by atoms with E-state index in [1.54, 1.807) is 0 Å². The fourth-order valence-corrected chi connectivity index (χ4v) is 5.34. The van der Waals surface area contributed by atoms with Gasteiger partial charge >= 0.3 is 12.0 Å². The summed E-state index contributed by atoms with van der Waals surface area (Å²) in [6.45, 7) is 5.75. The van der Waals surface area contributed by atoms with E-state index in [-0.39, 0.29) is 24.9 Å². The molecule has 42 heavy (non-hydrogen) atoms. The van der Waals surface area contributed by atoms with Gasteiger partial charge in [-0.1, -0.05) is 68.4 Å². The molecule has 1 saturated heterocycles. The summed E-state index contributed by atoms with van der Waals surface area (Å²) in [7, 11) is 0. The Morgan fingerprint density at radius 2 is 1.86 bits per heavy atom.